The van der Waals surface area contributed by atoms with Crippen molar-refractivity contribution in [1.82, 2.24) is 5.32 Å². The Balaban J connectivity index is -0.0000000483. The zero-order valence-corrected chi connectivity index (χ0v) is 28.9. The Morgan fingerprint density at radius 2 is 1.15 bits per heavy atom. The molecule has 2 atom stereocenters. The first-order valence-electron chi connectivity index (χ1n) is 12.7. The van der Waals surface area contributed by atoms with Crippen LogP contribution in [-0.2, 0) is 14.3 Å². The summed E-state index contributed by atoms with van der Waals surface area (Å²) in [4.78, 5) is 27.1. The molecule has 0 aromatic carbocycles. The summed E-state index contributed by atoms with van der Waals surface area (Å²) in [6.45, 7) is 47.5. The smallest absolute Gasteiger partial charge is 0.846 e. The number of carbonyl (C=O) groups excluding carboxylic acids is 2. The molecule has 0 bridgehead atoms. The minimum Gasteiger partial charge on any atom is -0.846 e. The fourth-order valence-corrected chi connectivity index (χ4v) is 2.69. The zero-order valence-electron chi connectivity index (χ0n) is 26.9. The largest absolute Gasteiger partial charge is 1.00 e. The number of aliphatic hydroxyl groups excluding tert-OH is 2. The van der Waals surface area contributed by atoms with Gasteiger partial charge in [0.25, 0.3) is 5.91 Å². The van der Waals surface area contributed by atoms with Gasteiger partial charge in [0, 0.05) is 13.2 Å². The van der Waals surface area contributed by atoms with Gasteiger partial charge in [-0.1, -0.05) is 41.0 Å². The van der Waals surface area contributed by atoms with E-state index in [0.29, 0.717) is 6.42 Å². The van der Waals surface area contributed by atoms with Crippen molar-refractivity contribution in [2.75, 3.05) is 26.4 Å². The Morgan fingerprint density at radius 1 is 0.800 bits per heavy atom. The minimum absolute atomic E-state index is 0. The summed E-state index contributed by atoms with van der Waals surface area (Å²) in [5.74, 6) is -1.20. The first kappa shape index (κ1) is 61.8. The number of carbonyl (C=O) groups is 2. The summed E-state index contributed by atoms with van der Waals surface area (Å²) in [5, 5.41) is 28.3. The predicted octanol–water partition coefficient (Wildman–Crippen LogP) is 2.80. The Hall–Kier alpha value is -2.07. The number of hydrogen-bond acceptors (Lipinski definition) is 6. The Bertz CT molecular complexity index is 514. The molecule has 1 aliphatic rings. The van der Waals surface area contributed by atoms with Gasteiger partial charge in [0.1, 0.15) is 5.41 Å². The molecule has 40 heavy (non-hydrogen) atoms. The molecule has 3 N–H and O–H groups in total. The van der Waals surface area contributed by atoms with Crippen molar-refractivity contribution >= 4 is 17.8 Å². The Kier molecular flexibility index (Phi) is 94.4. The molecule has 0 aromatic heterocycles. The molecular formula is C31H61N2NaO6. The third-order valence-electron chi connectivity index (χ3n) is 4.13. The van der Waals surface area contributed by atoms with Gasteiger partial charge in [0.2, 0.25) is 5.91 Å². The number of amidine groups is 1. The molecule has 2 unspecified atom stereocenters. The number of aliphatic imine (C=N–C) groups is 1. The quantitative estimate of drug-likeness (QED) is 0.166. The second-order valence-electron chi connectivity index (χ2n) is 6.25. The molecule has 0 spiro atoms. The maximum Gasteiger partial charge on any atom is 1.00 e. The third-order valence-corrected chi connectivity index (χ3v) is 4.13. The molecule has 1 aliphatic heterocycles. The minimum atomic E-state index is -1.15. The van der Waals surface area contributed by atoms with Gasteiger partial charge >= 0.3 is 29.6 Å². The molecule has 0 aliphatic carbocycles. The molecule has 0 saturated carbocycles. The van der Waals surface area contributed by atoms with Crippen LogP contribution in [0.25, 0.3) is 0 Å². The van der Waals surface area contributed by atoms with Crippen LogP contribution >= 0.6 is 0 Å². The van der Waals surface area contributed by atoms with Crippen LogP contribution in [0.2, 0.25) is 0 Å². The van der Waals surface area contributed by atoms with Gasteiger partial charge < -0.3 is 25.4 Å². The van der Waals surface area contributed by atoms with Crippen LogP contribution in [0.5, 0.6) is 0 Å². The van der Waals surface area contributed by atoms with E-state index in [4.69, 9.17) is 14.9 Å². The average Bonchev–Trinajstić information content (AvgIpc) is 3.00. The monoisotopic (exact) mass is 580 g/mol. The van der Waals surface area contributed by atoms with E-state index in [9.17, 15) is 14.7 Å². The molecule has 0 fully saturated rings. The Labute approximate surface area is 269 Å². The zero-order chi connectivity index (χ0) is 33.3. The molecule has 1 heterocycles. The fourth-order valence-electron chi connectivity index (χ4n) is 2.69. The number of ether oxygens (including phenoxy) is 1. The summed E-state index contributed by atoms with van der Waals surface area (Å²) >= 11 is 0. The maximum atomic E-state index is 11.9. The standard InChI is InChI=1S/C11H18N2O3.C6H14O.C2H6O2.6C2H4.Na/c1-4-6-7(3)11(5-2)8(14)12-10(16)13-9(11)15;1-3-5-7-6-4-2;3-1-2-4;6*1-2;/h7H,4-6H2,1-3H3,(H2,12,13,14,15,16);3-6H2,1-2H3;3-4H,1-2H2;6*1-2H2;/q;;;;;;;;;+1/p-1. The first-order valence-corrected chi connectivity index (χ1v) is 12.7. The van der Waals surface area contributed by atoms with Crippen molar-refractivity contribution in [1.29, 1.82) is 0 Å². The molecule has 1 rings (SSSR count). The maximum absolute atomic E-state index is 11.9. The molecule has 0 aromatic rings. The molecular weight excluding hydrogens is 519 g/mol. The van der Waals surface area contributed by atoms with E-state index in [1.165, 1.54) is 0 Å². The van der Waals surface area contributed by atoms with E-state index in [2.05, 4.69) is 103 Å². The average molecular weight is 581 g/mol. The van der Waals surface area contributed by atoms with E-state index in [0.717, 1.165) is 38.9 Å². The van der Waals surface area contributed by atoms with Gasteiger partial charge in [-0.2, -0.15) is 0 Å². The predicted molar refractivity (Wildman–Crippen MR) is 170 cm³/mol. The number of aliphatic hydroxyl groups is 2. The van der Waals surface area contributed by atoms with Crippen molar-refractivity contribution in [3.63, 3.8) is 0 Å². The number of amides is 2. The molecule has 9 heteroatoms. The van der Waals surface area contributed by atoms with Crippen molar-refractivity contribution in [3.8, 4) is 0 Å². The summed E-state index contributed by atoms with van der Waals surface area (Å²) in [6, 6.07) is -0.845. The van der Waals surface area contributed by atoms with Gasteiger partial charge in [-0.3, -0.25) is 9.59 Å². The van der Waals surface area contributed by atoms with Crippen molar-refractivity contribution in [2.45, 2.75) is 66.7 Å². The van der Waals surface area contributed by atoms with E-state index >= 15 is 0 Å². The molecule has 0 radical (unpaired) electrons. The van der Waals surface area contributed by atoms with Crippen LogP contribution in [0.1, 0.15) is 66.7 Å². The first-order chi connectivity index (χ1) is 18.8. The molecule has 2 amide bonds. The Morgan fingerprint density at radius 3 is 1.38 bits per heavy atom. The summed E-state index contributed by atoms with van der Waals surface area (Å²) in [7, 11) is 0. The second-order valence-corrected chi connectivity index (χ2v) is 6.25. The number of nitrogens with zero attached hydrogens (tertiary/aromatic N) is 1. The molecule has 8 nitrogen and oxygen atoms in total. The van der Waals surface area contributed by atoms with E-state index < -0.39 is 23.3 Å². The van der Waals surface area contributed by atoms with E-state index in [1.807, 2.05) is 13.8 Å². The number of rotatable bonds is 9. The van der Waals surface area contributed by atoms with Gasteiger partial charge in [-0.15, -0.1) is 78.9 Å². The van der Waals surface area contributed by atoms with Crippen molar-refractivity contribution in [3.05, 3.63) is 78.9 Å². The van der Waals surface area contributed by atoms with Crippen LogP contribution in [0.4, 0.5) is 0 Å². The SMILES string of the molecule is C=C.C=C.C=C.C=C.C=C.C=C.CCCC(C)C1(CC)C(=O)N=C([O-])NC1=O.CCCOCCC.OCCO.[Na+]. The van der Waals surface area contributed by atoms with Gasteiger partial charge in [0.15, 0.2) is 0 Å². The van der Waals surface area contributed by atoms with Gasteiger partial charge in [-0.25, -0.2) is 4.99 Å². The fraction of sp³-hybridized carbons (Fsp3) is 0.516. The van der Waals surface area contributed by atoms with Gasteiger partial charge in [0.05, 0.1) is 19.2 Å². The van der Waals surface area contributed by atoms with Crippen LogP contribution in [0, 0.1) is 11.3 Å². The van der Waals surface area contributed by atoms with Crippen molar-refractivity contribution in [2.24, 2.45) is 16.3 Å². The molecule has 232 valence electrons. The number of hydrogen-bond donors (Lipinski definition) is 3. The van der Waals surface area contributed by atoms with Crippen LogP contribution < -0.4 is 40.0 Å². The summed E-state index contributed by atoms with van der Waals surface area (Å²) in [6.07, 6.45) is 4.30. The molecule has 0 saturated heterocycles. The second kappa shape index (κ2) is 61.1. The van der Waals surface area contributed by atoms with Gasteiger partial charge in [-0.05, 0) is 31.6 Å². The van der Waals surface area contributed by atoms with Crippen LogP contribution in [0.15, 0.2) is 83.9 Å². The third kappa shape index (κ3) is 35.9. The van der Waals surface area contributed by atoms with Crippen molar-refractivity contribution < 1.29 is 59.2 Å². The number of nitrogens with one attached hydrogen (secondary N) is 1. The summed E-state index contributed by atoms with van der Waals surface area (Å²) < 4.78 is 5.13. The topological polar surface area (TPSA) is 131 Å². The van der Waals surface area contributed by atoms with Crippen LogP contribution in [-0.4, -0.2) is 54.5 Å². The van der Waals surface area contributed by atoms with E-state index in [1.54, 1.807) is 6.92 Å². The van der Waals surface area contributed by atoms with E-state index in [-0.39, 0.29) is 48.7 Å². The van der Waals surface area contributed by atoms with Crippen LogP contribution in [0.3, 0.4) is 0 Å². The normalized spacial score (nSPS) is 13.9. The summed E-state index contributed by atoms with van der Waals surface area (Å²) in [5.41, 5.74) is -1.15.